The Morgan fingerprint density at radius 3 is 2.78 bits per heavy atom. The molecule has 0 unspecified atom stereocenters. The second kappa shape index (κ2) is 8.20. The van der Waals surface area contributed by atoms with Gasteiger partial charge in [0.1, 0.15) is 5.75 Å². The average Bonchev–Trinajstić information content (AvgIpc) is 3.16. The number of hydrogen-bond donors (Lipinski definition) is 2. The van der Waals surface area contributed by atoms with Crippen LogP contribution in [0.5, 0.6) is 5.75 Å². The molecule has 0 fully saturated rings. The SMILES string of the molecule is COc1cc(CO)cc(-c2cc(/C=C/C(=O)c3ccc(Cl)c(C)c3)[nH]n2)c1. The Balaban J connectivity index is 1.80. The molecule has 0 aliphatic rings. The number of hydrogen-bond acceptors (Lipinski definition) is 4. The lowest BCUT2D eigenvalue weighted by Crippen LogP contribution is -1.94. The van der Waals surface area contributed by atoms with Gasteiger partial charge >= 0.3 is 0 Å². The number of nitrogens with zero attached hydrogens (tertiary/aromatic N) is 1. The Labute approximate surface area is 162 Å². The average molecular weight is 383 g/mol. The highest BCUT2D eigenvalue weighted by molar-refractivity contribution is 6.31. The summed E-state index contributed by atoms with van der Waals surface area (Å²) in [5, 5.41) is 17.2. The van der Waals surface area contributed by atoms with Gasteiger partial charge in [-0.25, -0.2) is 0 Å². The molecular weight excluding hydrogens is 364 g/mol. The Morgan fingerprint density at radius 1 is 1.26 bits per heavy atom. The van der Waals surface area contributed by atoms with Gasteiger partial charge in [-0.2, -0.15) is 5.10 Å². The highest BCUT2D eigenvalue weighted by Gasteiger charge is 2.08. The number of carbonyl (C=O) groups excluding carboxylic acids is 1. The predicted molar refractivity (Wildman–Crippen MR) is 106 cm³/mol. The van der Waals surface area contributed by atoms with E-state index in [1.807, 2.05) is 25.1 Å². The molecule has 1 aromatic heterocycles. The minimum Gasteiger partial charge on any atom is -0.497 e. The number of H-pyrrole nitrogens is 1. The lowest BCUT2D eigenvalue weighted by molar-refractivity contribution is 0.104. The molecule has 0 radical (unpaired) electrons. The Bertz CT molecular complexity index is 986. The van der Waals surface area contributed by atoms with Crippen molar-refractivity contribution >= 4 is 23.5 Å². The quantitative estimate of drug-likeness (QED) is 0.488. The summed E-state index contributed by atoms with van der Waals surface area (Å²) in [7, 11) is 1.57. The van der Waals surface area contributed by atoms with Crippen LogP contribution < -0.4 is 4.74 Å². The van der Waals surface area contributed by atoms with Crippen LogP contribution in [0.4, 0.5) is 0 Å². The number of ketones is 1. The van der Waals surface area contributed by atoms with Crippen LogP contribution in [0.25, 0.3) is 17.3 Å². The molecule has 1 heterocycles. The molecule has 2 N–H and O–H groups in total. The molecule has 0 saturated carbocycles. The van der Waals surface area contributed by atoms with Crippen LogP contribution in [-0.4, -0.2) is 28.2 Å². The van der Waals surface area contributed by atoms with Crippen LogP contribution in [0, 0.1) is 6.92 Å². The summed E-state index contributed by atoms with van der Waals surface area (Å²) in [5.41, 5.74) is 4.37. The number of aliphatic hydroxyl groups excluding tert-OH is 1. The van der Waals surface area contributed by atoms with Crippen LogP contribution in [-0.2, 0) is 6.61 Å². The number of benzene rings is 2. The van der Waals surface area contributed by atoms with Gasteiger partial charge in [0.25, 0.3) is 0 Å². The van der Waals surface area contributed by atoms with E-state index >= 15 is 0 Å². The predicted octanol–water partition coefficient (Wildman–Crippen LogP) is 4.44. The van der Waals surface area contributed by atoms with Crippen LogP contribution in [0.1, 0.15) is 27.2 Å². The van der Waals surface area contributed by atoms with E-state index in [9.17, 15) is 9.90 Å². The molecule has 0 spiro atoms. The Hall–Kier alpha value is -2.89. The molecule has 5 nitrogen and oxygen atoms in total. The smallest absolute Gasteiger partial charge is 0.185 e. The molecule has 3 aromatic rings. The van der Waals surface area contributed by atoms with Gasteiger partial charge in [-0.1, -0.05) is 11.6 Å². The van der Waals surface area contributed by atoms with Gasteiger partial charge in [0.2, 0.25) is 0 Å². The van der Waals surface area contributed by atoms with Crippen molar-refractivity contribution in [3.05, 3.63) is 75.9 Å². The maximum Gasteiger partial charge on any atom is 0.185 e. The van der Waals surface area contributed by atoms with E-state index in [2.05, 4.69) is 10.2 Å². The summed E-state index contributed by atoms with van der Waals surface area (Å²) in [6, 6.07) is 12.5. The van der Waals surface area contributed by atoms with Gasteiger partial charge < -0.3 is 9.84 Å². The number of allylic oxidation sites excluding steroid dienone is 1. The second-order valence-corrected chi connectivity index (χ2v) is 6.51. The normalized spacial score (nSPS) is 11.1. The number of aryl methyl sites for hydroxylation is 1. The minimum atomic E-state index is -0.116. The van der Waals surface area contributed by atoms with Crippen molar-refractivity contribution < 1.29 is 14.6 Å². The molecule has 2 aromatic carbocycles. The molecule has 0 bridgehead atoms. The Kier molecular flexibility index (Phi) is 5.74. The van der Waals surface area contributed by atoms with Gasteiger partial charge in [0, 0.05) is 16.1 Å². The zero-order valence-electron chi connectivity index (χ0n) is 15.0. The number of ether oxygens (including phenoxy) is 1. The first-order valence-electron chi connectivity index (χ1n) is 8.33. The van der Waals surface area contributed by atoms with Crippen molar-refractivity contribution in [2.45, 2.75) is 13.5 Å². The molecule has 27 heavy (non-hydrogen) atoms. The third-order valence-corrected chi connectivity index (χ3v) is 4.56. The number of methoxy groups -OCH3 is 1. The number of nitrogens with one attached hydrogen (secondary N) is 1. The van der Waals surface area contributed by atoms with E-state index in [4.69, 9.17) is 16.3 Å². The third-order valence-electron chi connectivity index (χ3n) is 4.13. The van der Waals surface area contributed by atoms with Crippen molar-refractivity contribution in [3.63, 3.8) is 0 Å². The van der Waals surface area contributed by atoms with Crippen LogP contribution in [0.15, 0.2) is 48.5 Å². The number of aliphatic hydroxyl groups is 1. The van der Waals surface area contributed by atoms with E-state index in [1.54, 1.807) is 37.5 Å². The molecule has 0 aliphatic carbocycles. The number of carbonyl (C=O) groups is 1. The largest absolute Gasteiger partial charge is 0.497 e. The summed E-state index contributed by atoms with van der Waals surface area (Å²) in [6.07, 6.45) is 3.17. The van der Waals surface area contributed by atoms with Crippen molar-refractivity contribution in [2.75, 3.05) is 7.11 Å². The number of aromatic amines is 1. The number of aromatic nitrogens is 2. The third kappa shape index (κ3) is 4.45. The van der Waals surface area contributed by atoms with E-state index in [0.29, 0.717) is 27.7 Å². The zero-order chi connectivity index (χ0) is 19.4. The van der Waals surface area contributed by atoms with E-state index in [-0.39, 0.29) is 12.4 Å². The fraction of sp³-hybridized carbons (Fsp3) is 0.143. The molecule has 138 valence electrons. The van der Waals surface area contributed by atoms with Crippen molar-refractivity contribution in [1.29, 1.82) is 0 Å². The molecular formula is C21H19ClN2O3. The molecule has 0 saturated heterocycles. The fourth-order valence-electron chi connectivity index (χ4n) is 2.65. The Morgan fingerprint density at radius 2 is 2.07 bits per heavy atom. The topological polar surface area (TPSA) is 75.2 Å². The van der Waals surface area contributed by atoms with Crippen LogP contribution >= 0.6 is 11.6 Å². The van der Waals surface area contributed by atoms with Crippen molar-refractivity contribution in [3.8, 4) is 17.0 Å². The standard InChI is InChI=1S/C21H19ClN2O3/c1-13-7-15(3-5-19(13)22)21(26)6-4-17-11-20(24-23-17)16-8-14(12-25)9-18(10-16)27-2/h3-11,25H,12H2,1-2H3,(H,23,24)/b6-4+. The maximum atomic E-state index is 12.3. The van der Waals surface area contributed by atoms with Gasteiger partial charge in [-0.15, -0.1) is 0 Å². The van der Waals surface area contributed by atoms with Gasteiger partial charge in [0.15, 0.2) is 5.78 Å². The zero-order valence-corrected chi connectivity index (χ0v) is 15.7. The van der Waals surface area contributed by atoms with Crippen molar-refractivity contribution in [1.82, 2.24) is 10.2 Å². The first kappa shape index (κ1) is 18.9. The van der Waals surface area contributed by atoms with Gasteiger partial charge in [-0.05, 0) is 72.7 Å². The molecule has 3 rings (SSSR count). The monoisotopic (exact) mass is 382 g/mol. The highest BCUT2D eigenvalue weighted by Crippen LogP contribution is 2.25. The van der Waals surface area contributed by atoms with Crippen LogP contribution in [0.2, 0.25) is 5.02 Å². The van der Waals surface area contributed by atoms with Crippen LogP contribution in [0.3, 0.4) is 0 Å². The summed E-state index contributed by atoms with van der Waals surface area (Å²) in [4.78, 5) is 12.3. The summed E-state index contributed by atoms with van der Waals surface area (Å²) in [6.45, 7) is 1.77. The second-order valence-electron chi connectivity index (χ2n) is 6.10. The molecule has 6 heteroatoms. The van der Waals surface area contributed by atoms with Gasteiger partial charge in [-0.3, -0.25) is 9.89 Å². The summed E-state index contributed by atoms with van der Waals surface area (Å²) >= 11 is 6.00. The lowest BCUT2D eigenvalue weighted by atomic mass is 10.1. The molecule has 0 atom stereocenters. The minimum absolute atomic E-state index is 0.0869. The summed E-state index contributed by atoms with van der Waals surface area (Å²) < 4.78 is 5.25. The first-order valence-corrected chi connectivity index (χ1v) is 8.71. The lowest BCUT2D eigenvalue weighted by Gasteiger charge is -2.05. The highest BCUT2D eigenvalue weighted by atomic mass is 35.5. The number of halogens is 1. The molecule has 0 aliphatic heterocycles. The first-order chi connectivity index (χ1) is 13.0. The van der Waals surface area contributed by atoms with Crippen molar-refractivity contribution in [2.24, 2.45) is 0 Å². The van der Waals surface area contributed by atoms with E-state index in [1.165, 1.54) is 6.08 Å². The summed E-state index contributed by atoms with van der Waals surface area (Å²) in [5.74, 6) is 0.528. The fourth-order valence-corrected chi connectivity index (χ4v) is 2.76. The number of rotatable bonds is 6. The van der Waals surface area contributed by atoms with E-state index < -0.39 is 0 Å². The molecule has 0 amide bonds. The maximum absolute atomic E-state index is 12.3. The van der Waals surface area contributed by atoms with E-state index in [0.717, 1.165) is 16.7 Å². The van der Waals surface area contributed by atoms with Gasteiger partial charge in [0.05, 0.1) is 25.1 Å².